The van der Waals surface area contributed by atoms with Crippen molar-refractivity contribution in [1.82, 2.24) is 24.8 Å². The molecule has 3 heterocycles. The van der Waals surface area contributed by atoms with E-state index >= 15 is 0 Å². The molecule has 0 radical (unpaired) electrons. The van der Waals surface area contributed by atoms with Crippen LogP contribution in [-0.4, -0.2) is 32.0 Å². The summed E-state index contributed by atoms with van der Waals surface area (Å²) in [6, 6.07) is 6.74. The first-order valence-electron chi connectivity index (χ1n) is 10.8. The molecule has 0 unspecified atom stereocenters. The van der Waals surface area contributed by atoms with E-state index < -0.39 is 5.41 Å². The highest BCUT2D eigenvalue weighted by Gasteiger charge is 2.28. The number of fused-ring (bicyclic) bond motifs is 3. The van der Waals surface area contributed by atoms with Crippen LogP contribution in [0.25, 0.3) is 22.1 Å². The molecule has 1 amide bonds. The number of hydrogen-bond donors (Lipinski definition) is 2. The second kappa shape index (κ2) is 8.39. The number of aromatic nitrogens is 4. The third-order valence-corrected chi connectivity index (χ3v) is 6.22. The van der Waals surface area contributed by atoms with Crippen molar-refractivity contribution in [3.8, 4) is 12.1 Å². The van der Waals surface area contributed by atoms with Crippen molar-refractivity contribution >= 4 is 28.0 Å². The summed E-state index contributed by atoms with van der Waals surface area (Å²) in [5.74, 6) is 1.03. The van der Waals surface area contributed by atoms with Crippen molar-refractivity contribution in [3.05, 3.63) is 24.3 Å². The lowest BCUT2D eigenvalue weighted by Crippen LogP contribution is -2.34. The molecule has 31 heavy (non-hydrogen) atoms. The molecule has 3 aromatic rings. The van der Waals surface area contributed by atoms with Crippen LogP contribution in [0.4, 0.5) is 0 Å². The first-order valence-corrected chi connectivity index (χ1v) is 10.8. The second-order valence-corrected chi connectivity index (χ2v) is 9.12. The van der Waals surface area contributed by atoms with E-state index in [1.807, 2.05) is 12.3 Å². The molecular weight excluding hydrogens is 390 g/mol. The number of hydrogen-bond acceptors (Lipinski definition) is 5. The van der Waals surface area contributed by atoms with Gasteiger partial charge in [0.15, 0.2) is 0 Å². The monoisotopic (exact) mass is 417 g/mol. The Bertz CT molecular complexity index is 1180. The topological polar surface area (TPSA) is 123 Å². The van der Waals surface area contributed by atoms with Crippen molar-refractivity contribution in [2.45, 2.75) is 58.4 Å². The summed E-state index contributed by atoms with van der Waals surface area (Å²) in [4.78, 5) is 25.1. The number of carbonyl (C=O) groups excluding carboxylic acids is 1. The number of nitrogens with one attached hydrogen (secondary N) is 2. The third-order valence-electron chi connectivity index (χ3n) is 6.22. The fraction of sp³-hybridized carbons (Fsp3) is 0.522. The average Bonchev–Trinajstić information content (AvgIpc) is 3.37. The number of pyridine rings is 1. The molecular formula is C23H27N7O. The van der Waals surface area contributed by atoms with E-state index in [2.05, 4.69) is 32.0 Å². The van der Waals surface area contributed by atoms with Gasteiger partial charge in [0.25, 0.3) is 0 Å². The molecule has 160 valence electrons. The third kappa shape index (κ3) is 4.25. The summed E-state index contributed by atoms with van der Waals surface area (Å²) in [5, 5.41) is 22.1. The predicted octanol–water partition coefficient (Wildman–Crippen LogP) is 3.77. The smallest absolute Gasteiger partial charge is 0.227 e. The van der Waals surface area contributed by atoms with Crippen LogP contribution >= 0.6 is 0 Å². The predicted molar refractivity (Wildman–Crippen MR) is 117 cm³/mol. The summed E-state index contributed by atoms with van der Waals surface area (Å²) < 4.78 is 2.23. The van der Waals surface area contributed by atoms with Crippen molar-refractivity contribution in [3.63, 3.8) is 0 Å². The van der Waals surface area contributed by atoms with Gasteiger partial charge < -0.3 is 14.9 Å². The molecule has 4 rings (SSSR count). The molecule has 0 spiro atoms. The Kier molecular flexibility index (Phi) is 5.65. The molecule has 2 N–H and O–H groups in total. The first-order chi connectivity index (χ1) is 14.9. The highest BCUT2D eigenvalue weighted by atomic mass is 16.1. The number of aromatic amines is 1. The lowest BCUT2D eigenvalue weighted by atomic mass is 9.84. The zero-order chi connectivity index (χ0) is 22.0. The molecule has 1 fully saturated rings. The van der Waals surface area contributed by atoms with E-state index in [0.717, 1.165) is 53.6 Å². The van der Waals surface area contributed by atoms with E-state index in [1.54, 1.807) is 20.0 Å². The molecule has 0 aromatic carbocycles. The number of amides is 1. The lowest BCUT2D eigenvalue weighted by molar-refractivity contribution is -0.120. The quantitative estimate of drug-likeness (QED) is 0.632. The summed E-state index contributed by atoms with van der Waals surface area (Å²) >= 11 is 0. The van der Waals surface area contributed by atoms with Crippen molar-refractivity contribution in [2.24, 2.45) is 11.3 Å². The summed E-state index contributed by atoms with van der Waals surface area (Å²) in [7, 11) is 0. The van der Waals surface area contributed by atoms with Crippen molar-refractivity contribution in [1.29, 1.82) is 10.5 Å². The molecule has 0 bridgehead atoms. The SMILES string of the molecule is CC(C)(C#N)CNC(=O)Cc1nc2cnc3[nH]ccc3c2n1C1CCC(CC#N)CC1. The highest BCUT2D eigenvalue weighted by Crippen LogP contribution is 2.38. The summed E-state index contributed by atoms with van der Waals surface area (Å²) in [6.07, 6.45) is 8.31. The largest absolute Gasteiger partial charge is 0.354 e. The molecule has 1 aliphatic rings. The van der Waals surface area contributed by atoms with Crippen molar-refractivity contribution < 1.29 is 4.79 Å². The molecule has 8 heteroatoms. The summed E-state index contributed by atoms with van der Waals surface area (Å²) in [5.41, 5.74) is 1.98. The van der Waals surface area contributed by atoms with Gasteiger partial charge in [0.2, 0.25) is 5.91 Å². The van der Waals surface area contributed by atoms with Crippen LogP contribution in [0.15, 0.2) is 18.5 Å². The van der Waals surface area contributed by atoms with E-state index in [-0.39, 0.29) is 18.4 Å². The zero-order valence-electron chi connectivity index (χ0n) is 18.0. The average molecular weight is 418 g/mol. The number of imidazole rings is 1. The Labute approximate surface area is 181 Å². The van der Waals surface area contributed by atoms with Crippen LogP contribution in [0.2, 0.25) is 0 Å². The number of nitrogens with zero attached hydrogens (tertiary/aromatic N) is 5. The Balaban J connectivity index is 1.67. The molecule has 1 saturated carbocycles. The minimum atomic E-state index is -0.615. The van der Waals surface area contributed by atoms with Gasteiger partial charge in [-0.3, -0.25) is 4.79 Å². The minimum absolute atomic E-state index is 0.142. The minimum Gasteiger partial charge on any atom is -0.354 e. The van der Waals surface area contributed by atoms with E-state index in [0.29, 0.717) is 18.9 Å². The van der Waals surface area contributed by atoms with E-state index in [9.17, 15) is 10.1 Å². The van der Waals surface area contributed by atoms with Crippen LogP contribution in [0, 0.1) is 34.0 Å². The Morgan fingerprint density at radius 3 is 2.81 bits per heavy atom. The van der Waals surface area contributed by atoms with E-state index in [4.69, 9.17) is 10.2 Å². The van der Waals surface area contributed by atoms with Gasteiger partial charge in [-0.05, 0) is 51.5 Å². The maximum absolute atomic E-state index is 12.7. The number of rotatable bonds is 6. The van der Waals surface area contributed by atoms with E-state index in [1.165, 1.54) is 0 Å². The number of carbonyl (C=O) groups is 1. The van der Waals surface area contributed by atoms with Gasteiger partial charge in [-0.25, -0.2) is 9.97 Å². The number of H-pyrrole nitrogens is 1. The summed E-state index contributed by atoms with van der Waals surface area (Å²) in [6.45, 7) is 3.90. The number of nitriles is 2. The first kappa shape index (κ1) is 20.9. The van der Waals surface area contributed by atoms with Crippen LogP contribution in [0.1, 0.15) is 57.8 Å². The highest BCUT2D eigenvalue weighted by molar-refractivity contribution is 6.01. The lowest BCUT2D eigenvalue weighted by Gasteiger charge is -2.30. The van der Waals surface area contributed by atoms with Gasteiger partial charge in [0.05, 0.1) is 35.7 Å². The van der Waals surface area contributed by atoms with Gasteiger partial charge in [-0.15, -0.1) is 0 Å². The molecule has 8 nitrogen and oxygen atoms in total. The fourth-order valence-corrected chi connectivity index (χ4v) is 4.46. The molecule has 0 saturated heterocycles. The van der Waals surface area contributed by atoms with Crippen LogP contribution in [0.3, 0.4) is 0 Å². The molecule has 1 aliphatic carbocycles. The van der Waals surface area contributed by atoms with Gasteiger partial charge in [-0.2, -0.15) is 10.5 Å². The zero-order valence-corrected chi connectivity index (χ0v) is 18.0. The maximum Gasteiger partial charge on any atom is 0.227 e. The maximum atomic E-state index is 12.7. The Hall–Kier alpha value is -3.39. The van der Waals surface area contributed by atoms with Crippen LogP contribution < -0.4 is 5.32 Å². The molecule has 3 aromatic heterocycles. The second-order valence-electron chi connectivity index (χ2n) is 9.12. The standard InChI is InChI=1S/C23H27N7O/c1-23(2,13-25)14-28-20(31)11-19-29-18-12-27-22-17(8-10-26-22)21(18)30(19)16-5-3-15(4-6-16)7-9-24/h8,10,12,15-16H,3-7,11,14H2,1-2H3,(H,26,27)(H,28,31). The molecule has 0 atom stereocenters. The van der Waals surface area contributed by atoms with Gasteiger partial charge in [-0.1, -0.05) is 0 Å². The Morgan fingerprint density at radius 2 is 2.10 bits per heavy atom. The van der Waals surface area contributed by atoms with Crippen LogP contribution in [0.5, 0.6) is 0 Å². The van der Waals surface area contributed by atoms with Crippen LogP contribution in [-0.2, 0) is 11.2 Å². The van der Waals surface area contributed by atoms with Gasteiger partial charge in [0, 0.05) is 30.6 Å². The van der Waals surface area contributed by atoms with Gasteiger partial charge >= 0.3 is 0 Å². The van der Waals surface area contributed by atoms with Crippen molar-refractivity contribution in [2.75, 3.05) is 6.54 Å². The molecule has 0 aliphatic heterocycles. The van der Waals surface area contributed by atoms with Gasteiger partial charge in [0.1, 0.15) is 17.0 Å². The Morgan fingerprint density at radius 1 is 1.32 bits per heavy atom. The fourth-order valence-electron chi connectivity index (χ4n) is 4.46. The normalized spacial score (nSPS) is 19.2.